The zero-order valence-corrected chi connectivity index (χ0v) is 16.1. The molecule has 0 aromatic heterocycles. The van der Waals surface area contributed by atoms with Crippen LogP contribution in [0.25, 0.3) is 0 Å². The van der Waals surface area contributed by atoms with Crippen molar-refractivity contribution in [1.29, 1.82) is 0 Å². The SMILES string of the molecule is O=C(CC[C@@H]1CCCOC1)N1CCN(CCOc2ccccc2Cl)CC1. The molecule has 2 aliphatic heterocycles. The van der Waals surface area contributed by atoms with Crippen LogP contribution < -0.4 is 4.74 Å². The molecule has 1 atom stereocenters. The minimum absolute atomic E-state index is 0.294. The van der Waals surface area contributed by atoms with Gasteiger partial charge in [0, 0.05) is 52.4 Å². The molecular weight excluding hydrogens is 352 g/mol. The topological polar surface area (TPSA) is 42.0 Å². The maximum absolute atomic E-state index is 12.4. The van der Waals surface area contributed by atoms with E-state index in [-0.39, 0.29) is 0 Å². The number of hydrogen-bond donors (Lipinski definition) is 0. The molecule has 0 aliphatic carbocycles. The highest BCUT2D eigenvalue weighted by atomic mass is 35.5. The van der Waals surface area contributed by atoms with Gasteiger partial charge in [0.05, 0.1) is 5.02 Å². The Kier molecular flexibility index (Phi) is 7.59. The smallest absolute Gasteiger partial charge is 0.222 e. The maximum Gasteiger partial charge on any atom is 0.222 e. The number of benzene rings is 1. The van der Waals surface area contributed by atoms with Crippen molar-refractivity contribution in [2.24, 2.45) is 5.92 Å². The summed E-state index contributed by atoms with van der Waals surface area (Å²) in [5.74, 6) is 1.59. The highest BCUT2D eigenvalue weighted by Crippen LogP contribution is 2.23. The summed E-state index contributed by atoms with van der Waals surface area (Å²) in [5.41, 5.74) is 0. The third-order valence-corrected chi connectivity index (χ3v) is 5.56. The average molecular weight is 381 g/mol. The fourth-order valence-corrected chi connectivity index (χ4v) is 3.78. The van der Waals surface area contributed by atoms with Gasteiger partial charge in [0.25, 0.3) is 0 Å². The van der Waals surface area contributed by atoms with Crippen molar-refractivity contribution in [3.8, 4) is 5.75 Å². The largest absolute Gasteiger partial charge is 0.491 e. The normalized spacial score (nSPS) is 21.6. The molecule has 1 amide bonds. The lowest BCUT2D eigenvalue weighted by Crippen LogP contribution is -2.49. The fraction of sp³-hybridized carbons (Fsp3) is 0.650. The maximum atomic E-state index is 12.4. The highest BCUT2D eigenvalue weighted by Gasteiger charge is 2.22. The predicted molar refractivity (Wildman–Crippen MR) is 103 cm³/mol. The number of para-hydroxylation sites is 1. The fourth-order valence-electron chi connectivity index (χ4n) is 3.59. The molecule has 0 spiro atoms. The third kappa shape index (κ3) is 5.86. The van der Waals surface area contributed by atoms with Gasteiger partial charge in [-0.3, -0.25) is 9.69 Å². The van der Waals surface area contributed by atoms with E-state index in [0.29, 0.717) is 29.9 Å². The molecular formula is C20H29ClN2O3. The van der Waals surface area contributed by atoms with Gasteiger partial charge in [0.1, 0.15) is 12.4 Å². The van der Waals surface area contributed by atoms with Crippen molar-refractivity contribution < 1.29 is 14.3 Å². The van der Waals surface area contributed by atoms with Gasteiger partial charge in [0.2, 0.25) is 5.91 Å². The van der Waals surface area contributed by atoms with Crippen molar-refractivity contribution in [2.45, 2.75) is 25.7 Å². The second-order valence-corrected chi connectivity index (χ2v) is 7.53. The molecule has 5 nitrogen and oxygen atoms in total. The number of carbonyl (C=O) groups is 1. The second-order valence-electron chi connectivity index (χ2n) is 7.12. The summed E-state index contributed by atoms with van der Waals surface area (Å²) in [4.78, 5) is 16.8. The molecule has 6 heteroatoms. The Morgan fingerprint density at radius 1 is 1.23 bits per heavy atom. The van der Waals surface area contributed by atoms with Gasteiger partial charge in [0.15, 0.2) is 0 Å². The molecule has 2 fully saturated rings. The summed E-state index contributed by atoms with van der Waals surface area (Å²) in [5, 5.41) is 0.645. The van der Waals surface area contributed by atoms with Gasteiger partial charge in [-0.25, -0.2) is 0 Å². The van der Waals surface area contributed by atoms with E-state index in [9.17, 15) is 4.79 Å². The lowest BCUT2D eigenvalue weighted by molar-refractivity contribution is -0.133. The van der Waals surface area contributed by atoms with Gasteiger partial charge in [-0.1, -0.05) is 23.7 Å². The average Bonchev–Trinajstić information content (AvgIpc) is 2.69. The molecule has 3 rings (SSSR count). The molecule has 2 aliphatic rings. The summed E-state index contributed by atoms with van der Waals surface area (Å²) in [6.45, 7) is 6.61. The number of piperazine rings is 1. The van der Waals surface area contributed by atoms with E-state index >= 15 is 0 Å². The lowest BCUT2D eigenvalue weighted by atomic mass is 9.96. The van der Waals surface area contributed by atoms with Crippen molar-refractivity contribution in [2.75, 3.05) is 52.5 Å². The van der Waals surface area contributed by atoms with E-state index in [1.165, 1.54) is 6.42 Å². The molecule has 0 bridgehead atoms. The van der Waals surface area contributed by atoms with Gasteiger partial charge < -0.3 is 14.4 Å². The predicted octanol–water partition coefficient (Wildman–Crippen LogP) is 3.07. The molecule has 0 radical (unpaired) electrons. The zero-order valence-electron chi connectivity index (χ0n) is 15.4. The molecule has 0 unspecified atom stereocenters. The Balaban J connectivity index is 1.31. The van der Waals surface area contributed by atoms with Gasteiger partial charge in [-0.2, -0.15) is 0 Å². The van der Waals surface area contributed by atoms with Crippen LogP contribution in [0.2, 0.25) is 5.02 Å². The van der Waals surface area contributed by atoms with Crippen LogP contribution in [0.3, 0.4) is 0 Å². The molecule has 144 valence electrons. The Morgan fingerprint density at radius 3 is 2.77 bits per heavy atom. The van der Waals surface area contributed by atoms with E-state index in [0.717, 1.165) is 64.5 Å². The van der Waals surface area contributed by atoms with Crippen LogP contribution in [0.15, 0.2) is 24.3 Å². The number of ether oxygens (including phenoxy) is 2. The van der Waals surface area contributed by atoms with E-state index in [1.54, 1.807) is 0 Å². The Labute approximate surface area is 161 Å². The third-order valence-electron chi connectivity index (χ3n) is 5.25. The minimum Gasteiger partial charge on any atom is -0.491 e. The van der Waals surface area contributed by atoms with Gasteiger partial charge in [-0.05, 0) is 37.3 Å². The van der Waals surface area contributed by atoms with E-state index in [2.05, 4.69) is 4.90 Å². The molecule has 0 N–H and O–H groups in total. The molecule has 1 aromatic rings. The minimum atomic E-state index is 0.294. The molecule has 1 aromatic carbocycles. The van der Waals surface area contributed by atoms with Crippen LogP contribution in [0.5, 0.6) is 5.75 Å². The zero-order chi connectivity index (χ0) is 18.2. The first kappa shape index (κ1) is 19.5. The summed E-state index contributed by atoms with van der Waals surface area (Å²) in [6.07, 6.45) is 3.95. The van der Waals surface area contributed by atoms with Crippen LogP contribution in [-0.4, -0.2) is 68.3 Å². The Hall–Kier alpha value is -1.30. The summed E-state index contributed by atoms with van der Waals surface area (Å²) < 4.78 is 11.3. The Bertz CT molecular complexity index is 570. The standard InChI is InChI=1S/C20H29ClN2O3/c21-18-5-1-2-6-19(18)26-15-13-22-9-11-23(12-10-22)20(24)8-7-17-4-3-14-25-16-17/h1-2,5-6,17H,3-4,7-16H2/t17-/m0/s1. The van der Waals surface area contributed by atoms with Crippen molar-refractivity contribution in [1.82, 2.24) is 9.80 Å². The van der Waals surface area contributed by atoms with Crippen LogP contribution in [0.4, 0.5) is 0 Å². The summed E-state index contributed by atoms with van der Waals surface area (Å²) in [7, 11) is 0. The van der Waals surface area contributed by atoms with Gasteiger partial charge in [-0.15, -0.1) is 0 Å². The van der Waals surface area contributed by atoms with Crippen molar-refractivity contribution >= 4 is 17.5 Å². The number of halogens is 1. The number of amides is 1. The molecule has 2 heterocycles. The number of carbonyl (C=O) groups excluding carboxylic acids is 1. The Morgan fingerprint density at radius 2 is 2.04 bits per heavy atom. The second kappa shape index (κ2) is 10.1. The quantitative estimate of drug-likeness (QED) is 0.729. The van der Waals surface area contributed by atoms with Crippen LogP contribution in [0.1, 0.15) is 25.7 Å². The lowest BCUT2D eigenvalue weighted by Gasteiger charge is -2.35. The number of rotatable bonds is 7. The van der Waals surface area contributed by atoms with Crippen molar-refractivity contribution in [3.05, 3.63) is 29.3 Å². The van der Waals surface area contributed by atoms with E-state index in [1.807, 2.05) is 29.2 Å². The van der Waals surface area contributed by atoms with Gasteiger partial charge >= 0.3 is 0 Å². The monoisotopic (exact) mass is 380 g/mol. The summed E-state index contributed by atoms with van der Waals surface area (Å²) in [6, 6.07) is 7.54. The molecule has 2 saturated heterocycles. The number of hydrogen-bond acceptors (Lipinski definition) is 4. The molecule has 26 heavy (non-hydrogen) atoms. The first-order chi connectivity index (χ1) is 12.7. The summed E-state index contributed by atoms with van der Waals surface area (Å²) >= 11 is 6.09. The van der Waals surface area contributed by atoms with Crippen LogP contribution >= 0.6 is 11.6 Å². The first-order valence-electron chi connectivity index (χ1n) is 9.67. The van der Waals surface area contributed by atoms with Crippen LogP contribution in [0, 0.1) is 5.92 Å². The van der Waals surface area contributed by atoms with Crippen molar-refractivity contribution in [3.63, 3.8) is 0 Å². The first-order valence-corrected chi connectivity index (χ1v) is 10.1. The number of nitrogens with zero attached hydrogens (tertiary/aromatic N) is 2. The van der Waals surface area contributed by atoms with E-state index in [4.69, 9.17) is 21.1 Å². The van der Waals surface area contributed by atoms with Crippen LogP contribution in [-0.2, 0) is 9.53 Å². The molecule has 0 saturated carbocycles. The highest BCUT2D eigenvalue weighted by molar-refractivity contribution is 6.32. The van der Waals surface area contributed by atoms with E-state index < -0.39 is 0 Å².